The van der Waals surface area contributed by atoms with Crippen LogP contribution in [0.5, 0.6) is 0 Å². The van der Waals surface area contributed by atoms with Gasteiger partial charge in [0, 0.05) is 16.7 Å². The largest absolute Gasteiger partial charge is 0.300 e. The van der Waals surface area contributed by atoms with E-state index in [1.54, 1.807) is 0 Å². The number of carbonyl (C=O) groups excluding carboxylic acids is 1. The van der Waals surface area contributed by atoms with Crippen molar-refractivity contribution in [2.45, 2.75) is 13.3 Å². The second-order valence-electron chi connectivity index (χ2n) is 2.20. The monoisotopic (exact) mass is 236 g/mol. The third-order valence-corrected chi connectivity index (χ3v) is 3.25. The molecule has 0 spiro atoms. The minimum Gasteiger partial charge on any atom is -0.300 e. The van der Waals surface area contributed by atoms with Gasteiger partial charge >= 0.3 is 0 Å². The van der Waals surface area contributed by atoms with Crippen molar-refractivity contribution in [3.05, 3.63) is 20.5 Å². The quantitative estimate of drug-likeness (QED) is 0.772. The second-order valence-corrected chi connectivity index (χ2v) is 3.96. The Morgan fingerprint density at radius 1 is 1.82 bits per heavy atom. The molecule has 0 fully saturated rings. The average molecular weight is 237 g/mol. The van der Waals surface area contributed by atoms with E-state index < -0.39 is 0 Å². The van der Waals surface area contributed by atoms with Gasteiger partial charge in [-0.05, 0) is 22.9 Å². The zero-order valence-corrected chi connectivity index (χ0v) is 8.26. The van der Waals surface area contributed by atoms with Gasteiger partial charge in [0.1, 0.15) is 11.6 Å². The fourth-order valence-corrected chi connectivity index (χ4v) is 2.24. The molecule has 0 aromatic carbocycles. The Kier molecular flexibility index (Phi) is 2.78. The number of halogens is 2. The molecule has 1 rings (SSSR count). The molecule has 0 amide bonds. The minimum absolute atomic E-state index is 0.0487. The molecule has 0 bridgehead atoms. The predicted molar refractivity (Wildman–Crippen MR) is 46.4 cm³/mol. The summed E-state index contributed by atoms with van der Waals surface area (Å²) in [5.74, 6) is -0.237. The highest BCUT2D eigenvalue weighted by Crippen LogP contribution is 2.27. The van der Waals surface area contributed by atoms with Crippen LogP contribution in [0.3, 0.4) is 0 Å². The van der Waals surface area contributed by atoms with Crippen molar-refractivity contribution >= 4 is 33.0 Å². The van der Waals surface area contributed by atoms with Crippen LogP contribution < -0.4 is 0 Å². The lowest BCUT2D eigenvalue weighted by molar-refractivity contribution is -0.116. The van der Waals surface area contributed by atoms with Crippen molar-refractivity contribution in [3.63, 3.8) is 0 Å². The lowest BCUT2D eigenvalue weighted by Crippen LogP contribution is -1.93. The number of carbonyl (C=O) groups is 1. The first-order chi connectivity index (χ1) is 5.11. The molecule has 0 aliphatic rings. The molecule has 1 heterocycles. The van der Waals surface area contributed by atoms with Gasteiger partial charge in [0.15, 0.2) is 0 Å². The number of hydrogen-bond acceptors (Lipinski definition) is 2. The van der Waals surface area contributed by atoms with E-state index in [0.717, 1.165) is 4.88 Å². The third kappa shape index (κ3) is 2.10. The molecule has 0 saturated carbocycles. The van der Waals surface area contributed by atoms with Crippen LogP contribution in [0.15, 0.2) is 9.85 Å². The first-order valence-corrected chi connectivity index (χ1v) is 4.69. The lowest BCUT2D eigenvalue weighted by atomic mass is 10.3. The van der Waals surface area contributed by atoms with E-state index in [4.69, 9.17) is 0 Å². The summed E-state index contributed by atoms with van der Waals surface area (Å²) in [6.07, 6.45) is 0.315. The summed E-state index contributed by atoms with van der Waals surface area (Å²) in [5, 5.41) is 1.39. The Morgan fingerprint density at radius 2 is 2.45 bits per heavy atom. The Morgan fingerprint density at radius 3 is 2.82 bits per heavy atom. The summed E-state index contributed by atoms with van der Waals surface area (Å²) >= 11 is 4.32. The van der Waals surface area contributed by atoms with Gasteiger partial charge in [-0.25, -0.2) is 4.39 Å². The van der Waals surface area contributed by atoms with Crippen molar-refractivity contribution < 1.29 is 9.18 Å². The molecule has 1 nitrogen and oxygen atoms in total. The van der Waals surface area contributed by atoms with Gasteiger partial charge < -0.3 is 0 Å². The highest BCUT2D eigenvalue weighted by atomic mass is 79.9. The number of Topliss-reactive ketones (excluding diaryl/α,β-unsaturated/α-hetero) is 1. The molecule has 0 atom stereocenters. The van der Waals surface area contributed by atoms with Crippen LogP contribution in [0, 0.1) is 5.82 Å². The van der Waals surface area contributed by atoms with Crippen molar-refractivity contribution in [1.82, 2.24) is 0 Å². The fraction of sp³-hybridized carbons (Fsp3) is 0.286. The Hall–Kier alpha value is -0.220. The number of rotatable bonds is 2. The van der Waals surface area contributed by atoms with Gasteiger partial charge in [-0.3, -0.25) is 4.79 Å². The molecule has 0 aliphatic heterocycles. The van der Waals surface area contributed by atoms with Crippen LogP contribution in [-0.4, -0.2) is 5.78 Å². The molecule has 0 unspecified atom stereocenters. The normalized spacial score (nSPS) is 10.1. The van der Waals surface area contributed by atoms with E-state index in [2.05, 4.69) is 15.9 Å². The van der Waals surface area contributed by atoms with E-state index in [1.165, 1.54) is 23.6 Å². The van der Waals surface area contributed by atoms with Crippen LogP contribution in [0.2, 0.25) is 0 Å². The first-order valence-electron chi connectivity index (χ1n) is 3.02. The summed E-state index contributed by atoms with van der Waals surface area (Å²) < 4.78 is 13.1. The van der Waals surface area contributed by atoms with Crippen LogP contribution in [-0.2, 0) is 11.2 Å². The molecule has 0 aliphatic carbocycles. The topological polar surface area (TPSA) is 17.1 Å². The predicted octanol–water partition coefficient (Wildman–Crippen LogP) is 2.78. The fourth-order valence-electron chi connectivity index (χ4n) is 0.705. The molecule has 11 heavy (non-hydrogen) atoms. The van der Waals surface area contributed by atoms with Gasteiger partial charge in [-0.15, -0.1) is 11.3 Å². The number of hydrogen-bond donors (Lipinski definition) is 0. The van der Waals surface area contributed by atoms with Crippen molar-refractivity contribution in [2.24, 2.45) is 0 Å². The van der Waals surface area contributed by atoms with Gasteiger partial charge in [0.05, 0.1) is 4.47 Å². The summed E-state index contributed by atoms with van der Waals surface area (Å²) in [6.45, 7) is 1.49. The van der Waals surface area contributed by atoms with E-state index in [9.17, 15) is 9.18 Å². The summed E-state index contributed by atoms with van der Waals surface area (Å²) in [5.41, 5.74) is 0. The smallest absolute Gasteiger partial charge is 0.148 e. The first kappa shape index (κ1) is 8.87. The molecule has 1 aromatic heterocycles. The number of thiophene rings is 1. The lowest BCUT2D eigenvalue weighted by Gasteiger charge is -1.91. The van der Waals surface area contributed by atoms with Crippen LogP contribution in [0.1, 0.15) is 11.8 Å². The van der Waals surface area contributed by atoms with Crippen molar-refractivity contribution in [3.8, 4) is 0 Å². The summed E-state index contributed by atoms with van der Waals surface area (Å²) in [4.78, 5) is 11.4. The molecular weight excluding hydrogens is 231 g/mol. The highest BCUT2D eigenvalue weighted by molar-refractivity contribution is 9.10. The van der Waals surface area contributed by atoms with E-state index >= 15 is 0 Å². The molecule has 0 radical (unpaired) electrons. The second kappa shape index (κ2) is 3.45. The highest BCUT2D eigenvalue weighted by Gasteiger charge is 2.09. The zero-order valence-electron chi connectivity index (χ0n) is 5.86. The van der Waals surface area contributed by atoms with E-state index in [0.29, 0.717) is 10.9 Å². The Bertz CT molecular complexity index is 282. The van der Waals surface area contributed by atoms with E-state index in [1.807, 2.05) is 0 Å². The zero-order chi connectivity index (χ0) is 8.43. The van der Waals surface area contributed by atoms with Crippen molar-refractivity contribution in [2.75, 3.05) is 0 Å². The van der Waals surface area contributed by atoms with Gasteiger partial charge in [0.25, 0.3) is 0 Å². The molecule has 60 valence electrons. The van der Waals surface area contributed by atoms with Crippen LogP contribution in [0.4, 0.5) is 4.39 Å². The minimum atomic E-state index is -0.286. The Balaban J connectivity index is 2.87. The maximum atomic E-state index is 12.6. The molecule has 4 heteroatoms. The van der Waals surface area contributed by atoms with Gasteiger partial charge in [0.2, 0.25) is 0 Å². The van der Waals surface area contributed by atoms with Gasteiger partial charge in [-0.1, -0.05) is 0 Å². The average Bonchev–Trinajstić information content (AvgIpc) is 2.18. The third-order valence-electron chi connectivity index (χ3n) is 1.17. The molecular formula is C7H6BrFOS. The van der Waals surface area contributed by atoms with Crippen LogP contribution in [0.25, 0.3) is 0 Å². The van der Waals surface area contributed by atoms with Gasteiger partial charge in [-0.2, -0.15) is 0 Å². The maximum Gasteiger partial charge on any atom is 0.148 e. The molecule has 0 saturated heterocycles. The summed E-state index contributed by atoms with van der Waals surface area (Å²) in [7, 11) is 0. The molecule has 0 N–H and O–H groups in total. The summed E-state index contributed by atoms with van der Waals surface area (Å²) in [6, 6.07) is 0. The number of ketones is 1. The standard InChI is InChI=1S/C7H6BrFOS/c1-4(10)2-6-7(8)5(9)3-11-6/h3H,2H2,1H3. The molecule has 1 aromatic rings. The maximum absolute atomic E-state index is 12.6. The Labute approximate surface area is 76.4 Å². The van der Waals surface area contributed by atoms with E-state index in [-0.39, 0.29) is 11.6 Å². The SMILES string of the molecule is CC(=O)Cc1scc(F)c1Br. The van der Waals surface area contributed by atoms with Crippen LogP contribution >= 0.6 is 27.3 Å². The van der Waals surface area contributed by atoms with Crippen molar-refractivity contribution in [1.29, 1.82) is 0 Å².